The van der Waals surface area contributed by atoms with E-state index in [9.17, 15) is 4.79 Å². The van der Waals surface area contributed by atoms with Gasteiger partial charge in [-0.3, -0.25) is 4.79 Å². The summed E-state index contributed by atoms with van der Waals surface area (Å²) >= 11 is 12.2. The van der Waals surface area contributed by atoms with Gasteiger partial charge in [0.15, 0.2) is 0 Å². The molecule has 1 saturated heterocycles. The fourth-order valence-electron chi connectivity index (χ4n) is 2.65. The molecular formula is C14H17Cl2NO. The fourth-order valence-corrected chi connectivity index (χ4v) is 3.21. The fraction of sp³-hybridized carbons (Fsp3) is 0.500. The third-order valence-corrected chi connectivity index (χ3v) is 4.23. The van der Waals surface area contributed by atoms with Crippen LogP contribution in [0.1, 0.15) is 43.5 Å². The molecule has 2 rings (SSSR count). The van der Waals surface area contributed by atoms with E-state index in [1.54, 1.807) is 18.2 Å². The molecule has 2 atom stereocenters. The van der Waals surface area contributed by atoms with Crippen molar-refractivity contribution in [3.63, 3.8) is 0 Å². The molecule has 0 N–H and O–H groups in total. The summed E-state index contributed by atoms with van der Waals surface area (Å²) in [4.78, 5) is 14.5. The van der Waals surface area contributed by atoms with E-state index in [-0.39, 0.29) is 18.0 Å². The quantitative estimate of drug-likeness (QED) is 0.749. The van der Waals surface area contributed by atoms with Crippen LogP contribution in [0.4, 0.5) is 0 Å². The summed E-state index contributed by atoms with van der Waals surface area (Å²) in [6, 6.07) is 5.66. The summed E-state index contributed by atoms with van der Waals surface area (Å²) in [7, 11) is 0. The zero-order valence-electron chi connectivity index (χ0n) is 10.6. The summed E-state index contributed by atoms with van der Waals surface area (Å²) < 4.78 is 0. The van der Waals surface area contributed by atoms with Gasteiger partial charge in [0.2, 0.25) is 0 Å². The van der Waals surface area contributed by atoms with E-state index in [0.717, 1.165) is 12.8 Å². The third-order valence-electron chi connectivity index (χ3n) is 3.60. The Balaban J connectivity index is 2.35. The Kier molecular flexibility index (Phi) is 4.18. The Hall–Kier alpha value is -0.730. The first-order valence-electron chi connectivity index (χ1n) is 6.29. The monoisotopic (exact) mass is 285 g/mol. The molecule has 1 aromatic rings. The number of hydrogen-bond acceptors (Lipinski definition) is 1. The Morgan fingerprint density at radius 1 is 1.17 bits per heavy atom. The predicted molar refractivity (Wildman–Crippen MR) is 75.4 cm³/mol. The molecule has 0 spiro atoms. The van der Waals surface area contributed by atoms with Gasteiger partial charge in [-0.2, -0.15) is 0 Å². The van der Waals surface area contributed by atoms with Gasteiger partial charge in [-0.1, -0.05) is 29.3 Å². The second-order valence-corrected chi connectivity index (χ2v) is 5.75. The summed E-state index contributed by atoms with van der Waals surface area (Å²) in [5, 5.41) is 0.856. The minimum atomic E-state index is -0.0506. The summed E-state index contributed by atoms with van der Waals surface area (Å²) in [5.74, 6) is -0.0506. The summed E-state index contributed by atoms with van der Waals surface area (Å²) in [6.45, 7) is 4.16. The average Bonchev–Trinajstić information content (AvgIpc) is 2.28. The Labute approximate surface area is 118 Å². The predicted octanol–water partition coefficient (Wildman–Crippen LogP) is 4.40. The van der Waals surface area contributed by atoms with Gasteiger partial charge in [-0.15, -0.1) is 0 Å². The molecule has 0 unspecified atom stereocenters. The van der Waals surface area contributed by atoms with E-state index in [1.807, 2.05) is 4.90 Å². The van der Waals surface area contributed by atoms with Gasteiger partial charge in [-0.25, -0.2) is 0 Å². The first-order chi connectivity index (χ1) is 8.52. The van der Waals surface area contributed by atoms with Crippen molar-refractivity contribution in [3.8, 4) is 0 Å². The second kappa shape index (κ2) is 5.50. The van der Waals surface area contributed by atoms with Crippen LogP contribution in [-0.4, -0.2) is 22.9 Å². The highest BCUT2D eigenvalue weighted by Gasteiger charge is 2.31. The molecular weight excluding hydrogens is 269 g/mol. The largest absolute Gasteiger partial charge is 0.333 e. The van der Waals surface area contributed by atoms with E-state index in [0.29, 0.717) is 15.6 Å². The highest BCUT2D eigenvalue weighted by molar-refractivity contribution is 6.39. The van der Waals surface area contributed by atoms with Crippen LogP contribution in [0.5, 0.6) is 0 Å². The lowest BCUT2D eigenvalue weighted by Gasteiger charge is -2.39. The molecule has 0 bridgehead atoms. The van der Waals surface area contributed by atoms with Crippen LogP contribution in [0, 0.1) is 0 Å². The Morgan fingerprint density at radius 3 is 2.17 bits per heavy atom. The third kappa shape index (κ3) is 2.50. The van der Waals surface area contributed by atoms with Crippen LogP contribution >= 0.6 is 23.2 Å². The van der Waals surface area contributed by atoms with Crippen LogP contribution in [0.2, 0.25) is 10.0 Å². The van der Waals surface area contributed by atoms with Gasteiger partial charge >= 0.3 is 0 Å². The van der Waals surface area contributed by atoms with Crippen LogP contribution in [-0.2, 0) is 0 Å². The van der Waals surface area contributed by atoms with E-state index < -0.39 is 0 Å². The van der Waals surface area contributed by atoms with Crippen LogP contribution in [0.15, 0.2) is 18.2 Å². The van der Waals surface area contributed by atoms with Gasteiger partial charge in [0.1, 0.15) is 0 Å². The van der Waals surface area contributed by atoms with Gasteiger partial charge in [0.25, 0.3) is 5.91 Å². The SMILES string of the molecule is C[C@@H]1CCC[C@H](C)N1C(=O)c1c(Cl)cccc1Cl. The van der Waals surface area contributed by atoms with Crippen molar-refractivity contribution in [1.29, 1.82) is 0 Å². The van der Waals surface area contributed by atoms with Crippen molar-refractivity contribution in [1.82, 2.24) is 4.90 Å². The van der Waals surface area contributed by atoms with Crippen molar-refractivity contribution >= 4 is 29.1 Å². The molecule has 0 saturated carbocycles. The topological polar surface area (TPSA) is 20.3 Å². The smallest absolute Gasteiger partial charge is 0.257 e. The van der Waals surface area contributed by atoms with Crippen LogP contribution < -0.4 is 0 Å². The van der Waals surface area contributed by atoms with Crippen molar-refractivity contribution in [2.45, 2.75) is 45.2 Å². The van der Waals surface area contributed by atoms with Crippen LogP contribution in [0.3, 0.4) is 0 Å². The molecule has 0 aromatic heterocycles. The maximum Gasteiger partial charge on any atom is 0.257 e. The lowest BCUT2D eigenvalue weighted by atomic mass is 9.96. The minimum Gasteiger partial charge on any atom is -0.333 e. The molecule has 1 aromatic carbocycles. The highest BCUT2D eigenvalue weighted by atomic mass is 35.5. The molecule has 0 aliphatic carbocycles. The van der Waals surface area contributed by atoms with E-state index in [1.165, 1.54) is 6.42 Å². The van der Waals surface area contributed by atoms with Crippen LogP contribution in [0.25, 0.3) is 0 Å². The zero-order valence-corrected chi connectivity index (χ0v) is 12.1. The molecule has 1 aliphatic rings. The molecule has 1 aliphatic heterocycles. The van der Waals surface area contributed by atoms with Crippen molar-refractivity contribution < 1.29 is 4.79 Å². The Bertz CT molecular complexity index is 431. The first kappa shape index (κ1) is 13.7. The number of likely N-dealkylation sites (tertiary alicyclic amines) is 1. The minimum absolute atomic E-state index is 0.0506. The van der Waals surface area contributed by atoms with Gasteiger partial charge in [0, 0.05) is 12.1 Å². The van der Waals surface area contributed by atoms with E-state index in [4.69, 9.17) is 23.2 Å². The standard InChI is InChI=1S/C14H17Cl2NO/c1-9-5-3-6-10(2)17(9)14(18)13-11(15)7-4-8-12(13)16/h4,7-10H,3,5-6H2,1-2H3/t9-,10+. The van der Waals surface area contributed by atoms with Gasteiger partial charge in [-0.05, 0) is 45.2 Å². The van der Waals surface area contributed by atoms with Crippen molar-refractivity contribution in [3.05, 3.63) is 33.8 Å². The summed E-state index contributed by atoms with van der Waals surface area (Å²) in [6.07, 6.45) is 3.25. The van der Waals surface area contributed by atoms with E-state index in [2.05, 4.69) is 13.8 Å². The van der Waals surface area contributed by atoms with Gasteiger partial charge in [0.05, 0.1) is 15.6 Å². The molecule has 1 fully saturated rings. The molecule has 4 heteroatoms. The summed E-state index contributed by atoms with van der Waals surface area (Å²) in [5.41, 5.74) is 0.432. The average molecular weight is 286 g/mol. The molecule has 2 nitrogen and oxygen atoms in total. The number of halogens is 2. The number of hydrogen-bond donors (Lipinski definition) is 0. The molecule has 1 amide bonds. The number of nitrogens with zero attached hydrogens (tertiary/aromatic N) is 1. The molecule has 1 heterocycles. The number of amides is 1. The Morgan fingerprint density at radius 2 is 1.67 bits per heavy atom. The highest BCUT2D eigenvalue weighted by Crippen LogP contribution is 2.30. The molecule has 0 radical (unpaired) electrons. The van der Waals surface area contributed by atoms with Crippen molar-refractivity contribution in [2.75, 3.05) is 0 Å². The number of rotatable bonds is 1. The second-order valence-electron chi connectivity index (χ2n) is 4.94. The lowest BCUT2D eigenvalue weighted by molar-refractivity contribution is 0.0511. The molecule has 18 heavy (non-hydrogen) atoms. The number of carbonyl (C=O) groups excluding carboxylic acids is 1. The lowest BCUT2D eigenvalue weighted by Crippen LogP contribution is -2.47. The van der Waals surface area contributed by atoms with Crippen molar-refractivity contribution in [2.24, 2.45) is 0 Å². The maximum atomic E-state index is 12.6. The molecule has 98 valence electrons. The number of piperidine rings is 1. The van der Waals surface area contributed by atoms with E-state index >= 15 is 0 Å². The maximum absolute atomic E-state index is 12.6. The normalized spacial score (nSPS) is 24.1. The first-order valence-corrected chi connectivity index (χ1v) is 7.04. The zero-order chi connectivity index (χ0) is 13.3. The number of benzene rings is 1. The van der Waals surface area contributed by atoms with Gasteiger partial charge < -0.3 is 4.90 Å². The number of carbonyl (C=O) groups is 1.